The highest BCUT2D eigenvalue weighted by molar-refractivity contribution is 9.10. The van der Waals surface area contributed by atoms with Crippen LogP contribution in [0.5, 0.6) is 0 Å². The van der Waals surface area contributed by atoms with E-state index in [2.05, 4.69) is 31.4 Å². The second kappa shape index (κ2) is 7.35. The standard InChI is InChI=1S/C19H13BrN4O4/c20-13-3-1-2-12(10-13)18-22-23-19(28-18)21-17(27)11-4-6-14(7-5-11)24-15(25)8-9-16(24)26/h1-7,10H,8-9H2,(H,21,23,27). The van der Waals surface area contributed by atoms with Gasteiger partial charge in [0, 0.05) is 28.4 Å². The van der Waals surface area contributed by atoms with Crippen molar-refractivity contribution in [3.63, 3.8) is 0 Å². The zero-order valence-electron chi connectivity index (χ0n) is 14.4. The number of halogens is 1. The van der Waals surface area contributed by atoms with Gasteiger partial charge in [-0.3, -0.25) is 24.6 Å². The van der Waals surface area contributed by atoms with Gasteiger partial charge in [-0.15, -0.1) is 5.10 Å². The van der Waals surface area contributed by atoms with E-state index in [0.717, 1.165) is 9.37 Å². The molecule has 0 bridgehead atoms. The summed E-state index contributed by atoms with van der Waals surface area (Å²) in [6, 6.07) is 13.4. The van der Waals surface area contributed by atoms with Crippen molar-refractivity contribution in [1.82, 2.24) is 10.2 Å². The molecule has 9 heteroatoms. The number of benzene rings is 2. The van der Waals surface area contributed by atoms with Crippen LogP contribution in [0.15, 0.2) is 57.4 Å². The van der Waals surface area contributed by atoms with Gasteiger partial charge < -0.3 is 4.42 Å². The molecule has 2 aromatic carbocycles. The largest absolute Gasteiger partial charge is 0.403 e. The van der Waals surface area contributed by atoms with Crippen molar-refractivity contribution in [1.29, 1.82) is 0 Å². The van der Waals surface area contributed by atoms with Crippen LogP contribution in [-0.2, 0) is 9.59 Å². The summed E-state index contributed by atoms with van der Waals surface area (Å²) < 4.78 is 6.34. The van der Waals surface area contributed by atoms with Crippen molar-refractivity contribution in [2.24, 2.45) is 0 Å². The lowest BCUT2D eigenvalue weighted by atomic mass is 10.2. The Labute approximate surface area is 167 Å². The number of carbonyl (C=O) groups excluding carboxylic acids is 3. The minimum absolute atomic E-state index is 0.0334. The van der Waals surface area contributed by atoms with Crippen molar-refractivity contribution in [2.75, 3.05) is 10.2 Å². The summed E-state index contributed by atoms with van der Waals surface area (Å²) >= 11 is 3.37. The SMILES string of the molecule is O=C(Nc1nnc(-c2cccc(Br)c2)o1)c1ccc(N2C(=O)CCC2=O)cc1. The molecular formula is C19H13BrN4O4. The van der Waals surface area contributed by atoms with Crippen LogP contribution in [0.4, 0.5) is 11.7 Å². The highest BCUT2D eigenvalue weighted by Gasteiger charge is 2.30. The fourth-order valence-electron chi connectivity index (χ4n) is 2.81. The van der Waals surface area contributed by atoms with Crippen LogP contribution in [-0.4, -0.2) is 27.9 Å². The van der Waals surface area contributed by atoms with Crippen molar-refractivity contribution in [3.05, 3.63) is 58.6 Å². The highest BCUT2D eigenvalue weighted by Crippen LogP contribution is 2.25. The predicted molar refractivity (Wildman–Crippen MR) is 104 cm³/mol. The first-order valence-electron chi connectivity index (χ1n) is 8.38. The third-order valence-electron chi connectivity index (χ3n) is 4.16. The molecule has 1 fully saturated rings. The van der Waals surface area contributed by atoms with Crippen LogP contribution >= 0.6 is 15.9 Å². The quantitative estimate of drug-likeness (QED) is 0.623. The van der Waals surface area contributed by atoms with Gasteiger partial charge in [-0.2, -0.15) is 0 Å². The van der Waals surface area contributed by atoms with E-state index < -0.39 is 5.91 Å². The Morgan fingerprint density at radius 2 is 1.75 bits per heavy atom. The number of amides is 3. The number of hydrogen-bond acceptors (Lipinski definition) is 6. The molecule has 0 spiro atoms. The van der Waals surface area contributed by atoms with Crippen molar-refractivity contribution >= 4 is 45.4 Å². The van der Waals surface area contributed by atoms with Crippen LogP contribution in [0.25, 0.3) is 11.5 Å². The Kier molecular flexibility index (Phi) is 4.74. The zero-order valence-corrected chi connectivity index (χ0v) is 16.0. The summed E-state index contributed by atoms with van der Waals surface area (Å²) in [7, 11) is 0. The Morgan fingerprint density at radius 3 is 2.43 bits per heavy atom. The number of aromatic nitrogens is 2. The molecule has 4 rings (SSSR count). The summed E-state index contributed by atoms with van der Waals surface area (Å²) in [6.07, 6.45) is 0.414. The van der Waals surface area contributed by atoms with Crippen molar-refractivity contribution in [2.45, 2.75) is 12.8 Å². The second-order valence-electron chi connectivity index (χ2n) is 6.05. The minimum atomic E-state index is -0.449. The first-order valence-corrected chi connectivity index (χ1v) is 9.17. The van der Waals surface area contributed by atoms with Crippen LogP contribution in [0.3, 0.4) is 0 Å². The summed E-state index contributed by atoms with van der Waals surface area (Å²) in [6.45, 7) is 0. The molecule has 8 nitrogen and oxygen atoms in total. The smallest absolute Gasteiger partial charge is 0.322 e. The molecule has 0 saturated carbocycles. The number of anilines is 2. The van der Waals surface area contributed by atoms with Gasteiger partial charge in [0.05, 0.1) is 5.69 Å². The van der Waals surface area contributed by atoms with Gasteiger partial charge in [0.25, 0.3) is 5.91 Å². The van der Waals surface area contributed by atoms with Gasteiger partial charge in [0.2, 0.25) is 17.7 Å². The lowest BCUT2D eigenvalue weighted by Crippen LogP contribution is -2.28. The van der Waals surface area contributed by atoms with Crippen LogP contribution < -0.4 is 10.2 Å². The van der Waals surface area contributed by atoms with E-state index in [1.807, 2.05) is 24.3 Å². The third kappa shape index (κ3) is 3.56. The molecule has 0 unspecified atom stereocenters. The number of hydrogen-bond donors (Lipinski definition) is 1. The summed E-state index contributed by atoms with van der Waals surface area (Å²) in [5.41, 5.74) is 1.48. The highest BCUT2D eigenvalue weighted by atomic mass is 79.9. The lowest BCUT2D eigenvalue weighted by molar-refractivity contribution is -0.121. The van der Waals surface area contributed by atoms with Gasteiger partial charge >= 0.3 is 6.01 Å². The summed E-state index contributed by atoms with van der Waals surface area (Å²) in [4.78, 5) is 37.1. The van der Waals surface area contributed by atoms with E-state index in [0.29, 0.717) is 16.8 Å². The Morgan fingerprint density at radius 1 is 1.04 bits per heavy atom. The normalized spacial score (nSPS) is 13.8. The topological polar surface area (TPSA) is 105 Å². The van der Waals surface area contributed by atoms with Gasteiger partial charge in [0.15, 0.2) is 0 Å². The fourth-order valence-corrected chi connectivity index (χ4v) is 3.21. The van der Waals surface area contributed by atoms with Crippen molar-refractivity contribution in [3.8, 4) is 11.5 Å². The van der Waals surface area contributed by atoms with Crippen LogP contribution in [0.2, 0.25) is 0 Å². The molecule has 0 radical (unpaired) electrons. The lowest BCUT2D eigenvalue weighted by Gasteiger charge is -2.13. The Bertz CT molecular complexity index is 1060. The van der Waals surface area contributed by atoms with Gasteiger partial charge in [-0.05, 0) is 42.5 Å². The first kappa shape index (κ1) is 18.1. The number of nitrogens with one attached hydrogen (secondary N) is 1. The molecule has 3 amide bonds. The van der Waals surface area contributed by atoms with Gasteiger partial charge in [-0.1, -0.05) is 27.1 Å². The molecule has 1 N–H and O–H groups in total. The average Bonchev–Trinajstić information content (AvgIpc) is 3.28. The zero-order chi connectivity index (χ0) is 19.7. The molecule has 1 aliphatic heterocycles. The number of nitrogens with zero attached hydrogens (tertiary/aromatic N) is 3. The predicted octanol–water partition coefficient (Wildman–Crippen LogP) is 3.40. The van der Waals surface area contributed by atoms with E-state index in [1.54, 1.807) is 12.1 Å². The van der Waals surface area contributed by atoms with Crippen molar-refractivity contribution < 1.29 is 18.8 Å². The van der Waals surface area contributed by atoms with E-state index in [9.17, 15) is 14.4 Å². The van der Waals surface area contributed by atoms with E-state index >= 15 is 0 Å². The summed E-state index contributed by atoms with van der Waals surface area (Å²) in [5, 5.41) is 10.3. The molecule has 140 valence electrons. The fraction of sp³-hybridized carbons (Fsp3) is 0.105. The van der Waals surface area contributed by atoms with Gasteiger partial charge in [-0.25, -0.2) is 0 Å². The second-order valence-corrected chi connectivity index (χ2v) is 6.96. The summed E-state index contributed by atoms with van der Waals surface area (Å²) in [5.74, 6) is -0.658. The first-order chi connectivity index (χ1) is 13.5. The number of imide groups is 1. The molecular weight excluding hydrogens is 428 g/mol. The molecule has 1 saturated heterocycles. The Hall–Kier alpha value is -3.33. The van der Waals surface area contributed by atoms with Crippen LogP contribution in [0.1, 0.15) is 23.2 Å². The maximum atomic E-state index is 12.4. The molecule has 1 aliphatic rings. The molecule has 2 heterocycles. The monoisotopic (exact) mass is 440 g/mol. The number of carbonyl (C=O) groups is 3. The Balaban J connectivity index is 1.47. The maximum Gasteiger partial charge on any atom is 0.322 e. The van der Waals surface area contributed by atoms with Crippen LogP contribution in [0, 0.1) is 0 Å². The average molecular weight is 441 g/mol. The third-order valence-corrected chi connectivity index (χ3v) is 4.65. The molecule has 28 heavy (non-hydrogen) atoms. The maximum absolute atomic E-state index is 12.4. The minimum Gasteiger partial charge on any atom is -0.403 e. The number of rotatable bonds is 4. The van der Waals surface area contributed by atoms with Gasteiger partial charge in [0.1, 0.15) is 0 Å². The van der Waals surface area contributed by atoms with E-state index in [1.165, 1.54) is 12.1 Å². The molecule has 0 aliphatic carbocycles. The molecule has 0 atom stereocenters. The molecule has 1 aromatic heterocycles. The van der Waals surface area contributed by atoms with E-state index in [4.69, 9.17) is 4.42 Å². The molecule has 3 aromatic rings. The van der Waals surface area contributed by atoms with E-state index in [-0.39, 0.29) is 36.6 Å².